The summed E-state index contributed by atoms with van der Waals surface area (Å²) in [6, 6.07) is 25.5. The number of nitrogens with one attached hydrogen (secondary N) is 1. The quantitative estimate of drug-likeness (QED) is 0.299. The lowest BCUT2D eigenvalue weighted by molar-refractivity contribution is -0.141. The van der Waals surface area contributed by atoms with Crippen molar-refractivity contribution in [3.63, 3.8) is 0 Å². The average Bonchev–Trinajstić information content (AvgIpc) is 2.92. The summed E-state index contributed by atoms with van der Waals surface area (Å²) in [6.45, 7) is 11.6. The molecule has 0 spiro atoms. The van der Waals surface area contributed by atoms with E-state index in [-0.39, 0.29) is 17.2 Å². The van der Waals surface area contributed by atoms with E-state index in [1.54, 1.807) is 12.0 Å². The van der Waals surface area contributed by atoms with Gasteiger partial charge < -0.3 is 15.0 Å². The number of carbonyl (C=O) groups excluding carboxylic acids is 2. The molecule has 2 amide bonds. The molecule has 0 radical (unpaired) electrons. The summed E-state index contributed by atoms with van der Waals surface area (Å²) in [6.07, 6.45) is 1.38. The summed E-state index contributed by atoms with van der Waals surface area (Å²) in [7, 11) is 1.63. The lowest BCUT2D eigenvalue weighted by atomic mass is 9.86. The minimum atomic E-state index is -0.631. The maximum absolute atomic E-state index is 13.9. The van der Waals surface area contributed by atoms with Crippen molar-refractivity contribution in [2.75, 3.05) is 13.7 Å². The maximum atomic E-state index is 13.9. The number of ether oxygens (including phenoxy) is 1. The first-order valence-corrected chi connectivity index (χ1v) is 13.9. The first-order valence-electron chi connectivity index (χ1n) is 13.9. The molecule has 0 aliphatic rings. The van der Waals surface area contributed by atoms with Gasteiger partial charge in [-0.25, -0.2) is 0 Å². The minimum Gasteiger partial charge on any atom is -0.497 e. The summed E-state index contributed by atoms with van der Waals surface area (Å²) >= 11 is 0. The summed E-state index contributed by atoms with van der Waals surface area (Å²) < 4.78 is 5.42. The summed E-state index contributed by atoms with van der Waals surface area (Å²) in [5.41, 5.74) is 4.40. The Morgan fingerprint density at radius 3 is 2.15 bits per heavy atom. The number of methoxy groups -OCH3 is 1. The van der Waals surface area contributed by atoms with Crippen molar-refractivity contribution in [1.29, 1.82) is 0 Å². The Hall–Kier alpha value is -3.60. The summed E-state index contributed by atoms with van der Waals surface area (Å²) in [5, 5.41) is 3.08. The fourth-order valence-electron chi connectivity index (χ4n) is 4.51. The molecule has 5 heteroatoms. The van der Waals surface area contributed by atoms with Crippen molar-refractivity contribution in [2.45, 2.75) is 71.9 Å². The van der Waals surface area contributed by atoms with Crippen LogP contribution in [0.1, 0.15) is 63.3 Å². The Morgan fingerprint density at radius 1 is 0.872 bits per heavy atom. The predicted molar refractivity (Wildman–Crippen MR) is 159 cm³/mol. The molecule has 1 atom stereocenters. The molecular weight excluding hydrogens is 484 g/mol. The third kappa shape index (κ3) is 9.27. The number of carbonyl (C=O) groups is 2. The second kappa shape index (κ2) is 14.0. The lowest BCUT2D eigenvalue weighted by Gasteiger charge is -2.32. The molecule has 0 aliphatic carbocycles. The van der Waals surface area contributed by atoms with Gasteiger partial charge in [-0.1, -0.05) is 101 Å². The van der Waals surface area contributed by atoms with Crippen LogP contribution in [0.2, 0.25) is 0 Å². The first-order chi connectivity index (χ1) is 18.6. The van der Waals surface area contributed by atoms with Crippen LogP contribution in [0.15, 0.2) is 78.9 Å². The fourth-order valence-corrected chi connectivity index (χ4v) is 4.51. The zero-order valence-corrected chi connectivity index (χ0v) is 24.4. The Labute approximate surface area is 234 Å². The van der Waals surface area contributed by atoms with Crippen LogP contribution in [0.25, 0.3) is 0 Å². The van der Waals surface area contributed by atoms with Crippen molar-refractivity contribution in [1.82, 2.24) is 10.2 Å². The second-order valence-corrected chi connectivity index (χ2v) is 11.7. The largest absolute Gasteiger partial charge is 0.497 e. The molecule has 3 aromatic rings. The van der Waals surface area contributed by atoms with Crippen molar-refractivity contribution >= 4 is 11.8 Å². The zero-order valence-electron chi connectivity index (χ0n) is 24.4. The van der Waals surface area contributed by atoms with Gasteiger partial charge in [0, 0.05) is 25.9 Å². The third-order valence-electron chi connectivity index (χ3n) is 6.89. The minimum absolute atomic E-state index is 0.0432. The maximum Gasteiger partial charge on any atom is 0.243 e. The number of hydrogen-bond donors (Lipinski definition) is 1. The second-order valence-electron chi connectivity index (χ2n) is 11.7. The highest BCUT2D eigenvalue weighted by Gasteiger charge is 2.30. The molecule has 0 aliphatic heterocycles. The molecule has 39 heavy (non-hydrogen) atoms. The fraction of sp³-hybridized carbons (Fsp3) is 0.412. The van der Waals surface area contributed by atoms with Crippen LogP contribution in [-0.4, -0.2) is 36.4 Å². The van der Waals surface area contributed by atoms with Gasteiger partial charge in [0.2, 0.25) is 11.8 Å². The zero-order chi connectivity index (χ0) is 28.4. The summed E-state index contributed by atoms with van der Waals surface area (Å²) in [4.78, 5) is 29.2. The van der Waals surface area contributed by atoms with Gasteiger partial charge in [-0.2, -0.15) is 0 Å². The summed E-state index contributed by atoms with van der Waals surface area (Å²) in [5.74, 6) is 0.865. The van der Waals surface area contributed by atoms with Gasteiger partial charge in [0.25, 0.3) is 0 Å². The van der Waals surface area contributed by atoms with Crippen LogP contribution in [0.4, 0.5) is 0 Å². The molecular formula is C34H44N2O3. The smallest absolute Gasteiger partial charge is 0.243 e. The van der Waals surface area contributed by atoms with E-state index in [1.807, 2.05) is 54.6 Å². The van der Waals surface area contributed by atoms with E-state index in [0.717, 1.165) is 22.4 Å². The molecule has 208 valence electrons. The molecule has 0 saturated carbocycles. The van der Waals surface area contributed by atoms with Crippen LogP contribution < -0.4 is 10.1 Å². The van der Waals surface area contributed by atoms with Crippen molar-refractivity contribution in [3.8, 4) is 5.75 Å². The van der Waals surface area contributed by atoms with Crippen molar-refractivity contribution < 1.29 is 14.3 Å². The van der Waals surface area contributed by atoms with Gasteiger partial charge in [-0.3, -0.25) is 9.59 Å². The highest BCUT2D eigenvalue weighted by atomic mass is 16.5. The Balaban J connectivity index is 1.89. The normalized spacial score (nSPS) is 12.2. The molecule has 0 bridgehead atoms. The van der Waals surface area contributed by atoms with E-state index in [2.05, 4.69) is 64.2 Å². The van der Waals surface area contributed by atoms with Crippen LogP contribution >= 0.6 is 0 Å². The molecule has 3 rings (SSSR count). The van der Waals surface area contributed by atoms with Crippen molar-refractivity contribution in [2.24, 2.45) is 5.92 Å². The average molecular weight is 529 g/mol. The molecule has 0 saturated heterocycles. The van der Waals surface area contributed by atoms with Crippen LogP contribution in [0, 0.1) is 5.92 Å². The molecule has 5 nitrogen and oxygen atoms in total. The van der Waals surface area contributed by atoms with Crippen molar-refractivity contribution in [3.05, 3.63) is 101 Å². The Morgan fingerprint density at radius 2 is 1.54 bits per heavy atom. The Kier molecular flexibility index (Phi) is 10.7. The predicted octanol–water partition coefficient (Wildman–Crippen LogP) is 6.34. The van der Waals surface area contributed by atoms with Crippen LogP contribution in [-0.2, 0) is 34.4 Å². The van der Waals surface area contributed by atoms with E-state index in [9.17, 15) is 9.59 Å². The monoisotopic (exact) mass is 528 g/mol. The first kappa shape index (κ1) is 29.9. The number of rotatable bonds is 12. The van der Waals surface area contributed by atoms with Gasteiger partial charge in [0.15, 0.2) is 0 Å². The number of aryl methyl sites for hydroxylation is 1. The highest BCUT2D eigenvalue weighted by molar-refractivity contribution is 5.88. The highest BCUT2D eigenvalue weighted by Crippen LogP contribution is 2.23. The number of amides is 2. The third-order valence-corrected chi connectivity index (χ3v) is 6.89. The van der Waals surface area contributed by atoms with Gasteiger partial charge in [0.1, 0.15) is 11.8 Å². The van der Waals surface area contributed by atoms with Gasteiger partial charge in [-0.15, -0.1) is 0 Å². The van der Waals surface area contributed by atoms with E-state index < -0.39 is 6.04 Å². The molecule has 3 aromatic carbocycles. The van der Waals surface area contributed by atoms with Crippen LogP contribution in [0.5, 0.6) is 5.75 Å². The Bertz CT molecular complexity index is 1200. The molecule has 0 aromatic heterocycles. The van der Waals surface area contributed by atoms with E-state index >= 15 is 0 Å². The molecule has 0 fully saturated rings. The van der Waals surface area contributed by atoms with E-state index in [0.29, 0.717) is 38.3 Å². The molecule has 0 heterocycles. The number of benzene rings is 3. The molecule has 1 N–H and O–H groups in total. The standard InChI is InChI=1S/C34H44N2O3/c1-25(2)23-35-33(38)31(22-27-11-8-7-9-12-27)36(24-28-13-10-14-30(21-28)39-6)32(37)20-17-26-15-18-29(19-16-26)34(3,4)5/h7-16,18-19,21,25,31H,17,20,22-24H2,1-6H3,(H,35,38)/t31-/m1/s1. The number of hydrogen-bond acceptors (Lipinski definition) is 3. The molecule has 0 unspecified atom stereocenters. The number of nitrogens with zero attached hydrogens (tertiary/aromatic N) is 1. The SMILES string of the molecule is COc1cccc(CN(C(=O)CCc2ccc(C(C)(C)C)cc2)[C@H](Cc2ccccc2)C(=O)NCC(C)C)c1. The topological polar surface area (TPSA) is 58.6 Å². The van der Waals surface area contributed by atoms with E-state index in [4.69, 9.17) is 4.74 Å². The van der Waals surface area contributed by atoms with Crippen LogP contribution in [0.3, 0.4) is 0 Å². The van der Waals surface area contributed by atoms with Gasteiger partial charge in [-0.05, 0) is 52.1 Å². The van der Waals surface area contributed by atoms with Gasteiger partial charge >= 0.3 is 0 Å². The lowest BCUT2D eigenvalue weighted by Crippen LogP contribution is -2.51. The van der Waals surface area contributed by atoms with Gasteiger partial charge in [0.05, 0.1) is 7.11 Å². The van der Waals surface area contributed by atoms with E-state index in [1.165, 1.54) is 5.56 Å².